The Kier molecular flexibility index (Phi) is 4.04. The normalized spacial score (nSPS) is 24.3. The van der Waals surface area contributed by atoms with Crippen molar-refractivity contribution in [1.82, 2.24) is 24.7 Å². The van der Waals surface area contributed by atoms with Crippen LogP contribution in [0.5, 0.6) is 0 Å². The van der Waals surface area contributed by atoms with Crippen molar-refractivity contribution < 1.29 is 9.59 Å². The summed E-state index contributed by atoms with van der Waals surface area (Å²) >= 11 is 0. The number of hydrogen-bond donors (Lipinski definition) is 1. The van der Waals surface area contributed by atoms with E-state index < -0.39 is 0 Å². The second-order valence-corrected chi connectivity index (χ2v) is 6.33. The summed E-state index contributed by atoms with van der Waals surface area (Å²) in [7, 11) is 3.56. The zero-order chi connectivity index (χ0) is 15.7. The van der Waals surface area contributed by atoms with Crippen LogP contribution in [0.3, 0.4) is 0 Å². The van der Waals surface area contributed by atoms with Crippen molar-refractivity contribution in [3.8, 4) is 0 Å². The second kappa shape index (κ2) is 5.98. The van der Waals surface area contributed by atoms with Gasteiger partial charge in [-0.1, -0.05) is 0 Å². The fourth-order valence-corrected chi connectivity index (χ4v) is 3.26. The van der Waals surface area contributed by atoms with E-state index in [1.54, 1.807) is 23.9 Å². The number of carbonyl (C=O) groups excluding carboxylic acids is 2. The summed E-state index contributed by atoms with van der Waals surface area (Å²) in [6.07, 6.45) is 6.47. The van der Waals surface area contributed by atoms with Crippen LogP contribution in [0.1, 0.15) is 18.7 Å². The lowest BCUT2D eigenvalue weighted by Gasteiger charge is -2.28. The van der Waals surface area contributed by atoms with Crippen molar-refractivity contribution in [2.75, 3.05) is 27.2 Å². The maximum Gasteiger partial charge on any atom is 0.317 e. The Morgan fingerprint density at radius 1 is 1.45 bits per heavy atom. The van der Waals surface area contributed by atoms with Gasteiger partial charge in [0.15, 0.2) is 0 Å². The molecular formula is C15H23N5O2. The summed E-state index contributed by atoms with van der Waals surface area (Å²) in [6.45, 7) is 2.36. The van der Waals surface area contributed by atoms with Gasteiger partial charge in [-0.25, -0.2) is 9.78 Å². The van der Waals surface area contributed by atoms with Gasteiger partial charge in [-0.05, 0) is 18.8 Å². The first-order valence-corrected chi connectivity index (χ1v) is 7.81. The van der Waals surface area contributed by atoms with Gasteiger partial charge in [0.1, 0.15) is 11.9 Å². The molecule has 1 saturated heterocycles. The smallest absolute Gasteiger partial charge is 0.317 e. The van der Waals surface area contributed by atoms with Crippen LogP contribution >= 0.6 is 0 Å². The molecule has 1 aromatic heterocycles. The van der Waals surface area contributed by atoms with E-state index in [2.05, 4.69) is 14.9 Å². The van der Waals surface area contributed by atoms with Gasteiger partial charge in [0.05, 0.1) is 0 Å². The van der Waals surface area contributed by atoms with Crippen molar-refractivity contribution in [2.24, 2.45) is 5.92 Å². The van der Waals surface area contributed by atoms with E-state index in [1.165, 1.54) is 0 Å². The van der Waals surface area contributed by atoms with E-state index in [1.807, 2.05) is 12.4 Å². The molecule has 0 aromatic carbocycles. The van der Waals surface area contributed by atoms with Crippen molar-refractivity contribution in [3.05, 3.63) is 18.2 Å². The largest absolute Gasteiger partial charge is 0.344 e. The fraction of sp³-hybridized carbons (Fsp3) is 0.667. The number of likely N-dealkylation sites (N-methyl/N-ethyl adjacent to an activating group) is 1. The SMILES string of the molecule is CN(C[C@@H]1CCn2ccnc2C1)C(=O)N[C@H]1CCN(C)C1=O. The average molecular weight is 305 g/mol. The predicted molar refractivity (Wildman–Crippen MR) is 81.2 cm³/mol. The average Bonchev–Trinajstić information content (AvgIpc) is 3.08. The van der Waals surface area contributed by atoms with Crippen LogP contribution in [0.4, 0.5) is 4.79 Å². The number of hydrogen-bond acceptors (Lipinski definition) is 3. The summed E-state index contributed by atoms with van der Waals surface area (Å²) in [4.78, 5) is 31.8. The number of amides is 3. The number of urea groups is 1. The number of nitrogens with zero attached hydrogens (tertiary/aromatic N) is 4. The van der Waals surface area contributed by atoms with Gasteiger partial charge in [-0.3, -0.25) is 4.79 Å². The van der Waals surface area contributed by atoms with Gasteiger partial charge in [0.25, 0.3) is 0 Å². The summed E-state index contributed by atoms with van der Waals surface area (Å²) in [6, 6.07) is -0.534. The van der Waals surface area contributed by atoms with E-state index >= 15 is 0 Å². The van der Waals surface area contributed by atoms with Crippen LogP contribution in [-0.2, 0) is 17.8 Å². The Bertz CT molecular complexity index is 570. The Labute approximate surface area is 130 Å². The van der Waals surface area contributed by atoms with Crippen molar-refractivity contribution >= 4 is 11.9 Å². The molecule has 0 bridgehead atoms. The van der Waals surface area contributed by atoms with Crippen LogP contribution in [-0.4, -0.2) is 64.5 Å². The molecule has 7 heteroatoms. The molecule has 3 rings (SSSR count). The van der Waals surface area contributed by atoms with E-state index in [0.29, 0.717) is 25.4 Å². The van der Waals surface area contributed by atoms with Crippen molar-refractivity contribution in [1.29, 1.82) is 0 Å². The van der Waals surface area contributed by atoms with E-state index in [4.69, 9.17) is 0 Å². The van der Waals surface area contributed by atoms with Crippen molar-refractivity contribution in [2.45, 2.75) is 31.8 Å². The minimum absolute atomic E-state index is 0.00134. The number of fused-ring (bicyclic) bond motifs is 1. The van der Waals surface area contributed by atoms with Gasteiger partial charge in [-0.15, -0.1) is 0 Å². The van der Waals surface area contributed by atoms with Gasteiger partial charge < -0.3 is 19.7 Å². The molecule has 120 valence electrons. The number of carbonyl (C=O) groups is 2. The minimum atomic E-state index is -0.370. The summed E-state index contributed by atoms with van der Waals surface area (Å²) < 4.78 is 2.17. The van der Waals surface area contributed by atoms with Crippen LogP contribution in [0.2, 0.25) is 0 Å². The molecule has 7 nitrogen and oxygen atoms in total. The Hall–Kier alpha value is -2.05. The van der Waals surface area contributed by atoms with E-state index in [-0.39, 0.29) is 18.0 Å². The third kappa shape index (κ3) is 2.93. The highest BCUT2D eigenvalue weighted by Gasteiger charge is 2.31. The van der Waals surface area contributed by atoms with Gasteiger partial charge in [-0.2, -0.15) is 0 Å². The Morgan fingerprint density at radius 2 is 2.27 bits per heavy atom. The molecule has 2 aliphatic heterocycles. The number of rotatable bonds is 3. The highest BCUT2D eigenvalue weighted by atomic mass is 16.2. The molecular weight excluding hydrogens is 282 g/mol. The third-order valence-corrected chi connectivity index (χ3v) is 4.66. The topological polar surface area (TPSA) is 70.5 Å². The predicted octanol–water partition coefficient (Wildman–Crippen LogP) is 0.318. The lowest BCUT2D eigenvalue weighted by Crippen LogP contribution is -2.47. The number of aromatic nitrogens is 2. The van der Waals surface area contributed by atoms with Gasteiger partial charge in [0.2, 0.25) is 5.91 Å². The summed E-state index contributed by atoms with van der Waals surface area (Å²) in [5, 5.41) is 2.84. The molecule has 1 N–H and O–H groups in total. The first-order valence-electron chi connectivity index (χ1n) is 7.81. The van der Waals surface area contributed by atoms with Gasteiger partial charge in [0, 0.05) is 52.5 Å². The monoisotopic (exact) mass is 305 g/mol. The number of likely N-dealkylation sites (tertiary alicyclic amines) is 1. The van der Waals surface area contributed by atoms with E-state index in [9.17, 15) is 9.59 Å². The van der Waals surface area contributed by atoms with Gasteiger partial charge >= 0.3 is 6.03 Å². The molecule has 2 atom stereocenters. The first kappa shape index (κ1) is 14.9. The van der Waals surface area contributed by atoms with Crippen LogP contribution in [0.25, 0.3) is 0 Å². The summed E-state index contributed by atoms with van der Waals surface area (Å²) in [5.41, 5.74) is 0. The first-order chi connectivity index (χ1) is 10.5. The third-order valence-electron chi connectivity index (χ3n) is 4.66. The van der Waals surface area contributed by atoms with Crippen molar-refractivity contribution in [3.63, 3.8) is 0 Å². The molecule has 0 aliphatic carbocycles. The minimum Gasteiger partial charge on any atom is -0.344 e. The second-order valence-electron chi connectivity index (χ2n) is 6.33. The van der Waals surface area contributed by atoms with E-state index in [0.717, 1.165) is 25.2 Å². The summed E-state index contributed by atoms with van der Waals surface area (Å²) in [5.74, 6) is 1.52. The zero-order valence-electron chi connectivity index (χ0n) is 13.2. The molecule has 0 spiro atoms. The number of nitrogens with one attached hydrogen (secondary N) is 1. The standard InChI is InChI=1S/C15H23N5O2/c1-18-6-4-12(14(18)21)17-15(22)19(2)10-11-3-7-20-8-5-16-13(20)9-11/h5,8,11-12H,3-4,6-7,9-10H2,1-2H3,(H,17,22)/t11-,12+/m1/s1. The molecule has 1 fully saturated rings. The number of aryl methyl sites for hydroxylation is 1. The highest BCUT2D eigenvalue weighted by Crippen LogP contribution is 2.20. The molecule has 22 heavy (non-hydrogen) atoms. The molecule has 3 amide bonds. The van der Waals surface area contributed by atoms with Crippen LogP contribution < -0.4 is 5.32 Å². The lowest BCUT2D eigenvalue weighted by molar-refractivity contribution is -0.128. The molecule has 0 radical (unpaired) electrons. The molecule has 0 saturated carbocycles. The van der Waals surface area contributed by atoms with Crippen LogP contribution in [0.15, 0.2) is 12.4 Å². The Balaban J connectivity index is 1.51. The molecule has 3 heterocycles. The quantitative estimate of drug-likeness (QED) is 0.874. The molecule has 1 aromatic rings. The Morgan fingerprint density at radius 3 is 3.00 bits per heavy atom. The molecule has 2 aliphatic rings. The van der Waals surface area contributed by atoms with Crippen LogP contribution in [0, 0.1) is 5.92 Å². The molecule has 0 unspecified atom stereocenters. The maximum atomic E-state index is 12.2. The maximum absolute atomic E-state index is 12.2. The number of imidazole rings is 1. The highest BCUT2D eigenvalue weighted by molar-refractivity contribution is 5.88. The lowest BCUT2D eigenvalue weighted by atomic mass is 9.97. The zero-order valence-corrected chi connectivity index (χ0v) is 13.2. The fourth-order valence-electron chi connectivity index (χ4n) is 3.26.